The Labute approximate surface area is 130 Å². The van der Waals surface area contributed by atoms with Gasteiger partial charge in [-0.25, -0.2) is 0 Å². The molecule has 2 atom stereocenters. The molecule has 0 aromatic carbocycles. The van der Waals surface area contributed by atoms with Crippen LogP contribution < -0.4 is 0 Å². The second kappa shape index (κ2) is 6.01. The zero-order valence-corrected chi connectivity index (χ0v) is 13.0. The van der Waals surface area contributed by atoms with Crippen molar-refractivity contribution in [2.24, 2.45) is 0 Å². The molecule has 120 valence electrons. The van der Waals surface area contributed by atoms with Crippen molar-refractivity contribution in [2.45, 2.75) is 37.6 Å². The van der Waals surface area contributed by atoms with Crippen molar-refractivity contribution in [3.63, 3.8) is 0 Å². The summed E-state index contributed by atoms with van der Waals surface area (Å²) in [5.74, 6) is 0.427. The van der Waals surface area contributed by atoms with Gasteiger partial charge >= 0.3 is 0 Å². The number of carbonyl (C=O) groups is 1. The molecule has 0 unspecified atom stereocenters. The first kappa shape index (κ1) is 14.2. The molecule has 0 saturated carbocycles. The zero-order valence-electron chi connectivity index (χ0n) is 13.0. The van der Waals surface area contributed by atoms with Gasteiger partial charge in [-0.3, -0.25) is 14.8 Å². The molecule has 1 aromatic rings. The van der Waals surface area contributed by atoms with Crippen molar-refractivity contribution in [3.8, 4) is 0 Å². The molecule has 6 heteroatoms. The SMILES string of the molecule is O=C(c1cn[nH]c1[C@@H]1CCOC1)N1CC[C@@H](N2CCCC2)C1. The summed E-state index contributed by atoms with van der Waals surface area (Å²) < 4.78 is 5.45. The number of aromatic amines is 1. The highest BCUT2D eigenvalue weighted by Gasteiger charge is 2.34. The molecule has 3 saturated heterocycles. The number of H-pyrrole nitrogens is 1. The summed E-state index contributed by atoms with van der Waals surface area (Å²) in [7, 11) is 0. The molecule has 3 aliphatic heterocycles. The van der Waals surface area contributed by atoms with Crippen molar-refractivity contribution in [2.75, 3.05) is 39.4 Å². The average Bonchev–Trinajstić information content (AvgIpc) is 3.35. The van der Waals surface area contributed by atoms with Gasteiger partial charge in [0.15, 0.2) is 0 Å². The number of nitrogens with zero attached hydrogens (tertiary/aromatic N) is 3. The minimum absolute atomic E-state index is 0.136. The first-order chi connectivity index (χ1) is 10.8. The van der Waals surface area contributed by atoms with Crippen molar-refractivity contribution in [3.05, 3.63) is 17.5 Å². The summed E-state index contributed by atoms with van der Waals surface area (Å²) in [6.45, 7) is 5.60. The van der Waals surface area contributed by atoms with Crippen LogP contribution in [0, 0.1) is 0 Å². The van der Waals surface area contributed by atoms with Crippen LogP contribution in [0.25, 0.3) is 0 Å². The predicted octanol–water partition coefficient (Wildman–Crippen LogP) is 1.22. The summed E-state index contributed by atoms with van der Waals surface area (Å²) in [4.78, 5) is 17.4. The molecule has 1 aromatic heterocycles. The maximum Gasteiger partial charge on any atom is 0.257 e. The Morgan fingerprint density at radius 2 is 2.14 bits per heavy atom. The van der Waals surface area contributed by atoms with Crippen LogP contribution in [0.15, 0.2) is 6.20 Å². The molecular weight excluding hydrogens is 280 g/mol. The third-order valence-corrected chi connectivity index (χ3v) is 5.34. The lowest BCUT2D eigenvalue weighted by molar-refractivity contribution is 0.0778. The summed E-state index contributed by atoms with van der Waals surface area (Å²) in [6, 6.07) is 0.552. The van der Waals surface area contributed by atoms with Gasteiger partial charge in [-0.1, -0.05) is 0 Å². The number of aromatic nitrogens is 2. The van der Waals surface area contributed by atoms with Crippen LogP contribution in [-0.4, -0.2) is 71.3 Å². The fourth-order valence-corrected chi connectivity index (χ4v) is 4.04. The predicted molar refractivity (Wildman–Crippen MR) is 81.9 cm³/mol. The summed E-state index contributed by atoms with van der Waals surface area (Å²) in [6.07, 6.45) is 6.37. The Morgan fingerprint density at radius 3 is 2.91 bits per heavy atom. The van der Waals surface area contributed by atoms with Crippen molar-refractivity contribution >= 4 is 5.91 Å². The van der Waals surface area contributed by atoms with Gasteiger partial charge in [0.2, 0.25) is 0 Å². The highest BCUT2D eigenvalue weighted by molar-refractivity contribution is 5.95. The molecule has 1 amide bonds. The Balaban J connectivity index is 1.45. The van der Waals surface area contributed by atoms with E-state index in [1.165, 1.54) is 25.9 Å². The number of nitrogens with one attached hydrogen (secondary N) is 1. The van der Waals surface area contributed by atoms with E-state index in [4.69, 9.17) is 4.74 Å². The topological polar surface area (TPSA) is 61.5 Å². The molecule has 3 fully saturated rings. The maximum absolute atomic E-state index is 12.9. The quantitative estimate of drug-likeness (QED) is 0.912. The van der Waals surface area contributed by atoms with E-state index in [1.54, 1.807) is 6.20 Å². The fourth-order valence-electron chi connectivity index (χ4n) is 4.04. The maximum atomic E-state index is 12.9. The number of carbonyl (C=O) groups excluding carboxylic acids is 1. The fraction of sp³-hybridized carbons (Fsp3) is 0.750. The van der Waals surface area contributed by atoms with Gasteiger partial charge in [0.1, 0.15) is 0 Å². The third kappa shape index (κ3) is 2.54. The molecule has 0 aliphatic carbocycles. The number of amides is 1. The van der Waals surface area contributed by atoms with Crippen LogP contribution in [0.4, 0.5) is 0 Å². The van der Waals surface area contributed by atoms with Gasteiger partial charge in [-0.15, -0.1) is 0 Å². The lowest BCUT2D eigenvalue weighted by Crippen LogP contribution is -2.37. The van der Waals surface area contributed by atoms with E-state index in [9.17, 15) is 4.79 Å². The van der Waals surface area contributed by atoms with Crippen LogP contribution in [-0.2, 0) is 4.74 Å². The van der Waals surface area contributed by atoms with E-state index in [1.807, 2.05) is 4.90 Å². The third-order valence-electron chi connectivity index (χ3n) is 5.34. The van der Waals surface area contributed by atoms with Gasteiger partial charge in [0, 0.05) is 31.7 Å². The summed E-state index contributed by atoms with van der Waals surface area (Å²) >= 11 is 0. The number of hydrogen-bond acceptors (Lipinski definition) is 4. The first-order valence-electron chi connectivity index (χ1n) is 8.47. The Morgan fingerprint density at radius 1 is 1.27 bits per heavy atom. The van der Waals surface area contributed by atoms with Crippen LogP contribution in [0.2, 0.25) is 0 Å². The van der Waals surface area contributed by atoms with Crippen LogP contribution in [0.3, 0.4) is 0 Å². The van der Waals surface area contributed by atoms with Gasteiger partial charge in [-0.2, -0.15) is 5.10 Å². The molecular formula is C16H24N4O2. The molecule has 0 bridgehead atoms. The Bertz CT molecular complexity index is 532. The molecule has 1 N–H and O–H groups in total. The van der Waals surface area contributed by atoms with Crippen molar-refractivity contribution in [1.29, 1.82) is 0 Å². The summed E-state index contributed by atoms with van der Waals surface area (Å²) in [5, 5.41) is 7.15. The van der Waals surface area contributed by atoms with Crippen LogP contribution in [0.5, 0.6) is 0 Å². The highest BCUT2D eigenvalue weighted by Crippen LogP contribution is 2.28. The first-order valence-corrected chi connectivity index (χ1v) is 8.47. The second-order valence-corrected chi connectivity index (χ2v) is 6.69. The smallest absolute Gasteiger partial charge is 0.257 e. The number of rotatable bonds is 3. The van der Waals surface area contributed by atoms with E-state index < -0.39 is 0 Å². The van der Waals surface area contributed by atoms with E-state index in [0.717, 1.165) is 43.8 Å². The van der Waals surface area contributed by atoms with E-state index in [-0.39, 0.29) is 5.91 Å². The van der Waals surface area contributed by atoms with Crippen LogP contribution in [0.1, 0.15) is 47.7 Å². The Kier molecular flexibility index (Phi) is 3.88. The van der Waals surface area contributed by atoms with Gasteiger partial charge in [0.05, 0.1) is 24.1 Å². The standard InChI is InChI=1S/C16H24N4O2/c21-16(14-9-17-18-15(14)12-4-8-22-11-12)20-7-3-13(10-20)19-5-1-2-6-19/h9,12-13H,1-8,10-11H2,(H,17,18)/t12-,13-/m1/s1. The zero-order chi connectivity index (χ0) is 14.9. The van der Waals surface area contributed by atoms with E-state index in [2.05, 4.69) is 15.1 Å². The molecule has 0 radical (unpaired) electrons. The number of ether oxygens (including phenoxy) is 1. The minimum Gasteiger partial charge on any atom is -0.381 e. The van der Waals surface area contributed by atoms with E-state index in [0.29, 0.717) is 18.6 Å². The van der Waals surface area contributed by atoms with Gasteiger partial charge in [-0.05, 0) is 38.8 Å². The van der Waals surface area contributed by atoms with Crippen molar-refractivity contribution < 1.29 is 9.53 Å². The number of likely N-dealkylation sites (tertiary alicyclic amines) is 2. The van der Waals surface area contributed by atoms with Crippen molar-refractivity contribution in [1.82, 2.24) is 20.0 Å². The van der Waals surface area contributed by atoms with E-state index >= 15 is 0 Å². The monoisotopic (exact) mass is 304 g/mol. The summed E-state index contributed by atoms with van der Waals surface area (Å²) in [5.41, 5.74) is 1.71. The lowest BCUT2D eigenvalue weighted by Gasteiger charge is -2.23. The minimum atomic E-state index is 0.136. The molecule has 4 heterocycles. The van der Waals surface area contributed by atoms with Gasteiger partial charge < -0.3 is 9.64 Å². The molecule has 4 rings (SSSR count). The highest BCUT2D eigenvalue weighted by atomic mass is 16.5. The second-order valence-electron chi connectivity index (χ2n) is 6.69. The van der Waals surface area contributed by atoms with Crippen LogP contribution >= 0.6 is 0 Å². The molecule has 22 heavy (non-hydrogen) atoms. The Hall–Kier alpha value is -1.40. The normalized spacial score (nSPS) is 29.5. The average molecular weight is 304 g/mol. The molecule has 0 spiro atoms. The largest absolute Gasteiger partial charge is 0.381 e. The number of hydrogen-bond donors (Lipinski definition) is 1. The molecule has 3 aliphatic rings. The lowest BCUT2D eigenvalue weighted by atomic mass is 10.0. The molecule has 6 nitrogen and oxygen atoms in total. The van der Waals surface area contributed by atoms with Gasteiger partial charge in [0.25, 0.3) is 5.91 Å².